The van der Waals surface area contributed by atoms with Gasteiger partial charge >= 0.3 is 0 Å². The van der Waals surface area contributed by atoms with E-state index < -0.39 is 0 Å². The van der Waals surface area contributed by atoms with Gasteiger partial charge in [-0.15, -0.1) is 0 Å². The molecule has 0 spiro atoms. The summed E-state index contributed by atoms with van der Waals surface area (Å²) in [7, 11) is 0. The normalized spacial score (nSPS) is 11.7. The molecule has 0 aliphatic rings. The van der Waals surface area contributed by atoms with E-state index in [4.69, 9.17) is 9.78 Å². The van der Waals surface area contributed by atoms with Crippen LogP contribution in [0, 0.1) is 0 Å². The zero-order valence-corrected chi connectivity index (χ0v) is 11.4. The van der Waals surface area contributed by atoms with Gasteiger partial charge in [-0.05, 0) is 48.5 Å². The lowest BCUT2D eigenvalue weighted by Crippen LogP contribution is -2.27. The predicted octanol–water partition coefficient (Wildman–Crippen LogP) is 3.52. The first-order chi connectivity index (χ1) is 6.48. The molecule has 3 heteroatoms. The fourth-order valence-corrected chi connectivity index (χ4v) is 0.250. The summed E-state index contributed by atoms with van der Waals surface area (Å²) in [6, 6.07) is 0. The molecule has 0 saturated heterocycles. The van der Waals surface area contributed by atoms with Gasteiger partial charge in [-0.1, -0.05) is 6.92 Å². The van der Waals surface area contributed by atoms with Gasteiger partial charge in [0.15, 0.2) is 0 Å². The van der Waals surface area contributed by atoms with Crippen LogP contribution in [0.3, 0.4) is 0 Å². The van der Waals surface area contributed by atoms with Crippen molar-refractivity contribution in [1.29, 1.82) is 0 Å². The second kappa shape index (κ2) is 6.96. The minimum Gasteiger partial charge on any atom is -0.300 e. The zero-order valence-electron chi connectivity index (χ0n) is 11.4. The Morgan fingerprint density at radius 1 is 0.933 bits per heavy atom. The van der Waals surface area contributed by atoms with Crippen LogP contribution in [-0.2, 0) is 14.6 Å². The molecule has 0 radical (unpaired) electrons. The molecular weight excluding hydrogens is 192 g/mol. The summed E-state index contributed by atoms with van der Waals surface area (Å²) in [6.07, 6.45) is 0.667. The third-order valence-electron chi connectivity index (χ3n) is 1.04. The molecule has 0 unspecified atom stereocenters. The van der Waals surface area contributed by atoms with E-state index in [1.165, 1.54) is 0 Å². The minimum absolute atomic E-state index is 0.215. The molecule has 0 aromatic heterocycles. The van der Waals surface area contributed by atoms with Gasteiger partial charge < -0.3 is 4.79 Å². The van der Waals surface area contributed by atoms with E-state index >= 15 is 0 Å². The average molecular weight is 218 g/mol. The molecule has 0 aromatic rings. The second-order valence-electron chi connectivity index (χ2n) is 5.45. The van der Waals surface area contributed by atoms with Crippen LogP contribution >= 0.6 is 0 Å². The number of hydrogen-bond acceptors (Lipinski definition) is 3. The van der Waals surface area contributed by atoms with Gasteiger partial charge in [0.05, 0.1) is 11.2 Å². The number of Topliss-reactive ketones (excluding diaryl/α,β-unsaturated/α-hetero) is 1. The van der Waals surface area contributed by atoms with Gasteiger partial charge in [-0.3, -0.25) is 0 Å². The van der Waals surface area contributed by atoms with E-state index in [-0.39, 0.29) is 17.0 Å². The van der Waals surface area contributed by atoms with Crippen molar-refractivity contribution < 1.29 is 14.6 Å². The summed E-state index contributed by atoms with van der Waals surface area (Å²) in [5, 5.41) is 0. The molecule has 0 heterocycles. The van der Waals surface area contributed by atoms with Gasteiger partial charge in [-0.25, -0.2) is 9.78 Å². The third kappa shape index (κ3) is 24.7. The Balaban J connectivity index is 0. The van der Waals surface area contributed by atoms with E-state index in [1.54, 1.807) is 6.92 Å². The zero-order chi connectivity index (χ0) is 12.7. The highest BCUT2D eigenvalue weighted by Gasteiger charge is 2.18. The predicted molar refractivity (Wildman–Crippen MR) is 62.6 cm³/mol. The Morgan fingerprint density at radius 3 is 1.20 bits per heavy atom. The third-order valence-corrected chi connectivity index (χ3v) is 1.04. The lowest BCUT2D eigenvalue weighted by atomic mass is 10.2. The van der Waals surface area contributed by atoms with Crippen molar-refractivity contribution in [2.75, 3.05) is 0 Å². The van der Waals surface area contributed by atoms with Gasteiger partial charge in [0.25, 0.3) is 0 Å². The maximum atomic E-state index is 9.81. The minimum atomic E-state index is -0.215. The summed E-state index contributed by atoms with van der Waals surface area (Å²) in [4.78, 5) is 20.0. The van der Waals surface area contributed by atoms with E-state index in [0.29, 0.717) is 6.42 Å². The molecular formula is C12H26O3. The van der Waals surface area contributed by atoms with E-state index in [1.807, 2.05) is 48.5 Å². The second-order valence-corrected chi connectivity index (χ2v) is 5.45. The smallest absolute Gasteiger partial charge is 0.129 e. The summed E-state index contributed by atoms with van der Waals surface area (Å²) in [6.45, 7) is 15.2. The molecule has 0 saturated carbocycles. The maximum absolute atomic E-state index is 9.81. The fraction of sp³-hybridized carbons (Fsp3) is 0.917. The maximum Gasteiger partial charge on any atom is 0.129 e. The average Bonchev–Trinajstić information content (AvgIpc) is 2.00. The van der Waals surface area contributed by atoms with Crippen LogP contribution in [0.4, 0.5) is 0 Å². The first kappa shape index (κ1) is 17.0. The summed E-state index contributed by atoms with van der Waals surface area (Å²) >= 11 is 0. The number of rotatable bonds is 2. The van der Waals surface area contributed by atoms with Crippen molar-refractivity contribution >= 4 is 5.78 Å². The molecule has 0 aromatic carbocycles. The molecule has 0 aliphatic heterocycles. The Hall–Kier alpha value is -0.410. The summed E-state index contributed by atoms with van der Waals surface area (Å²) in [5.41, 5.74) is -0.430. The monoisotopic (exact) mass is 218 g/mol. The van der Waals surface area contributed by atoms with Gasteiger partial charge in [0, 0.05) is 6.42 Å². The number of carbonyl (C=O) groups is 1. The SMILES string of the molecule is CC(C)(C)OOC(C)(C)C.CCC(C)=O. The van der Waals surface area contributed by atoms with Crippen molar-refractivity contribution in [3.8, 4) is 0 Å². The Bertz CT molecular complexity index is 158. The molecule has 0 amide bonds. The van der Waals surface area contributed by atoms with Gasteiger partial charge in [0.1, 0.15) is 5.78 Å². The molecule has 0 fully saturated rings. The highest BCUT2D eigenvalue weighted by molar-refractivity contribution is 5.74. The highest BCUT2D eigenvalue weighted by atomic mass is 17.2. The first-order valence-electron chi connectivity index (χ1n) is 5.34. The van der Waals surface area contributed by atoms with Crippen molar-refractivity contribution in [3.05, 3.63) is 0 Å². The van der Waals surface area contributed by atoms with Crippen molar-refractivity contribution in [2.45, 2.75) is 73.0 Å². The standard InChI is InChI=1S/C8H18O2.C4H8O/c1-7(2,3)9-10-8(4,5)6;1-3-4(2)5/h1-6H3;3H2,1-2H3. The molecule has 0 bridgehead atoms. The molecule has 0 rings (SSSR count). The highest BCUT2D eigenvalue weighted by Crippen LogP contribution is 2.14. The van der Waals surface area contributed by atoms with Crippen LogP contribution in [0.25, 0.3) is 0 Å². The van der Waals surface area contributed by atoms with Crippen LogP contribution < -0.4 is 0 Å². The van der Waals surface area contributed by atoms with E-state index in [0.717, 1.165) is 0 Å². The van der Waals surface area contributed by atoms with E-state index in [9.17, 15) is 4.79 Å². The van der Waals surface area contributed by atoms with Crippen LogP contribution in [0.15, 0.2) is 0 Å². The quantitative estimate of drug-likeness (QED) is 0.525. The lowest BCUT2D eigenvalue weighted by molar-refractivity contribution is -0.393. The summed E-state index contributed by atoms with van der Waals surface area (Å²) < 4.78 is 0. The number of ketones is 1. The van der Waals surface area contributed by atoms with Crippen molar-refractivity contribution in [1.82, 2.24) is 0 Å². The molecule has 0 aliphatic carbocycles. The molecule has 0 atom stereocenters. The largest absolute Gasteiger partial charge is 0.300 e. The van der Waals surface area contributed by atoms with Gasteiger partial charge in [-0.2, -0.15) is 0 Å². The lowest BCUT2D eigenvalue weighted by Gasteiger charge is -2.24. The van der Waals surface area contributed by atoms with Crippen molar-refractivity contribution in [2.24, 2.45) is 0 Å². The molecule has 3 nitrogen and oxygen atoms in total. The Labute approximate surface area is 94.1 Å². The molecule has 0 N–H and O–H groups in total. The Morgan fingerprint density at radius 2 is 1.13 bits per heavy atom. The van der Waals surface area contributed by atoms with Crippen LogP contribution in [-0.4, -0.2) is 17.0 Å². The Kier molecular flexibility index (Phi) is 7.89. The van der Waals surface area contributed by atoms with Gasteiger partial charge in [0.2, 0.25) is 0 Å². The van der Waals surface area contributed by atoms with Crippen LogP contribution in [0.1, 0.15) is 61.8 Å². The van der Waals surface area contributed by atoms with Crippen molar-refractivity contribution in [3.63, 3.8) is 0 Å². The summed E-state index contributed by atoms with van der Waals surface area (Å²) in [5.74, 6) is 0.255. The number of carbonyl (C=O) groups excluding carboxylic acids is 1. The van der Waals surface area contributed by atoms with Crippen LogP contribution in [0.5, 0.6) is 0 Å². The molecule has 15 heavy (non-hydrogen) atoms. The topological polar surface area (TPSA) is 35.5 Å². The van der Waals surface area contributed by atoms with E-state index in [2.05, 4.69) is 0 Å². The first-order valence-corrected chi connectivity index (χ1v) is 5.34. The fourth-order valence-electron chi connectivity index (χ4n) is 0.250. The number of hydrogen-bond donors (Lipinski definition) is 0. The van der Waals surface area contributed by atoms with Crippen LogP contribution in [0.2, 0.25) is 0 Å². The molecule has 92 valence electrons.